The molecule has 2 fully saturated rings. The third-order valence-electron chi connectivity index (χ3n) is 5.58. The molecule has 8 nitrogen and oxygen atoms in total. The van der Waals surface area contributed by atoms with E-state index in [0.717, 1.165) is 12.0 Å². The highest BCUT2D eigenvalue weighted by molar-refractivity contribution is 5.91. The van der Waals surface area contributed by atoms with Gasteiger partial charge >= 0.3 is 6.03 Å². The first-order valence-electron chi connectivity index (χ1n) is 10.8. The quantitative estimate of drug-likeness (QED) is 0.770. The molecule has 0 unspecified atom stereocenters. The van der Waals surface area contributed by atoms with Crippen LogP contribution in [-0.2, 0) is 16.1 Å². The van der Waals surface area contributed by atoms with E-state index in [1.807, 2.05) is 42.2 Å². The van der Waals surface area contributed by atoms with Crippen LogP contribution in [0.4, 0.5) is 4.79 Å². The van der Waals surface area contributed by atoms with E-state index in [9.17, 15) is 14.4 Å². The van der Waals surface area contributed by atoms with Crippen molar-refractivity contribution in [2.75, 3.05) is 26.7 Å². The minimum absolute atomic E-state index is 0.00986. The summed E-state index contributed by atoms with van der Waals surface area (Å²) in [5.74, 6) is 0.190. The Labute approximate surface area is 178 Å². The largest absolute Gasteiger partial charge is 0.337 e. The molecule has 0 saturated carbocycles. The predicted molar refractivity (Wildman–Crippen MR) is 114 cm³/mol. The molecule has 4 amide bonds. The van der Waals surface area contributed by atoms with Crippen molar-refractivity contribution in [3.63, 3.8) is 0 Å². The summed E-state index contributed by atoms with van der Waals surface area (Å²) < 4.78 is 0. The van der Waals surface area contributed by atoms with E-state index in [1.54, 1.807) is 22.0 Å². The molecule has 164 valence electrons. The lowest BCUT2D eigenvalue weighted by Gasteiger charge is -2.54. The average molecular weight is 416 g/mol. The van der Waals surface area contributed by atoms with E-state index in [4.69, 9.17) is 0 Å². The fourth-order valence-electron chi connectivity index (χ4n) is 4.32. The Morgan fingerprint density at radius 1 is 1.20 bits per heavy atom. The molecule has 1 N–H and O–H groups in total. The second-order valence-electron chi connectivity index (χ2n) is 8.53. The van der Waals surface area contributed by atoms with Crippen molar-refractivity contribution >= 4 is 17.8 Å². The number of likely N-dealkylation sites (N-methyl/N-ethyl adjacent to an activating group) is 1. The Bertz CT molecular complexity index is 769. The summed E-state index contributed by atoms with van der Waals surface area (Å²) in [4.78, 5) is 42.6. The van der Waals surface area contributed by atoms with E-state index < -0.39 is 12.2 Å². The van der Waals surface area contributed by atoms with Crippen LogP contribution in [0.3, 0.4) is 0 Å². The number of hydrazine groups is 1. The topological polar surface area (TPSA) is 76.2 Å². The predicted octanol–water partition coefficient (Wildman–Crippen LogP) is 1.88. The van der Waals surface area contributed by atoms with Crippen LogP contribution in [0.5, 0.6) is 0 Å². The second kappa shape index (κ2) is 9.47. The Balaban J connectivity index is 1.84. The van der Waals surface area contributed by atoms with Gasteiger partial charge in [-0.05, 0) is 17.9 Å². The molecule has 2 aliphatic heterocycles. The third-order valence-corrected chi connectivity index (χ3v) is 5.58. The summed E-state index contributed by atoms with van der Waals surface area (Å²) in [5, 5.41) is 6.23. The minimum Gasteiger partial charge on any atom is -0.337 e. The number of hydrogen-bond acceptors (Lipinski definition) is 4. The zero-order valence-electron chi connectivity index (χ0n) is 18.4. The molecule has 3 rings (SSSR count). The van der Waals surface area contributed by atoms with Gasteiger partial charge in [0.1, 0.15) is 12.2 Å². The third kappa shape index (κ3) is 4.59. The maximum Gasteiger partial charge on any atom is 0.334 e. The average Bonchev–Trinajstić information content (AvgIpc) is 2.70. The van der Waals surface area contributed by atoms with E-state index in [0.29, 0.717) is 32.0 Å². The number of fused-ring (bicyclic) bond motifs is 1. The van der Waals surface area contributed by atoms with E-state index in [1.165, 1.54) is 0 Å². The Hall–Kier alpha value is -2.61. The van der Waals surface area contributed by atoms with Crippen LogP contribution in [0.1, 0.15) is 39.2 Å². The SMILES string of the molecule is CCC[C@H]1C(=O)N(CC(C)C)C[C@H]2N1C(=O)CN(C)N2C(=O)NCc1ccccc1. The van der Waals surface area contributed by atoms with Gasteiger partial charge in [-0.3, -0.25) is 9.59 Å². The highest BCUT2D eigenvalue weighted by Crippen LogP contribution is 2.28. The standard InChI is InChI=1S/C22H33N5O3/c1-5-9-18-21(29)25(13-16(2)3)14-19-26(18)20(28)15-24(4)27(19)22(30)23-12-17-10-7-6-8-11-17/h6-8,10-11,16,18-19H,5,9,12-15H2,1-4H3,(H,23,30)/t18-,19-/m0/s1. The number of amides is 4. The van der Waals surface area contributed by atoms with Crippen LogP contribution in [0, 0.1) is 5.92 Å². The van der Waals surface area contributed by atoms with Crippen LogP contribution in [0.15, 0.2) is 30.3 Å². The summed E-state index contributed by atoms with van der Waals surface area (Å²) >= 11 is 0. The summed E-state index contributed by atoms with van der Waals surface area (Å²) in [6.45, 7) is 7.56. The van der Waals surface area contributed by atoms with Crippen LogP contribution in [0.2, 0.25) is 0 Å². The molecule has 1 aromatic carbocycles. The van der Waals surface area contributed by atoms with Gasteiger partial charge in [0.25, 0.3) is 0 Å². The van der Waals surface area contributed by atoms with Gasteiger partial charge in [0.2, 0.25) is 11.8 Å². The molecule has 0 aromatic heterocycles. The van der Waals surface area contributed by atoms with Gasteiger partial charge in [-0.25, -0.2) is 14.8 Å². The Kier molecular flexibility index (Phi) is 6.97. The number of carbonyl (C=O) groups is 3. The molecule has 2 heterocycles. The number of piperazine rings is 1. The first-order chi connectivity index (χ1) is 14.3. The van der Waals surface area contributed by atoms with Crippen molar-refractivity contribution in [1.29, 1.82) is 0 Å². The lowest BCUT2D eigenvalue weighted by atomic mass is 10.0. The molecular weight excluding hydrogens is 382 g/mol. The maximum atomic E-state index is 13.2. The number of nitrogens with zero attached hydrogens (tertiary/aromatic N) is 4. The molecule has 0 bridgehead atoms. The lowest BCUT2D eigenvalue weighted by Crippen LogP contribution is -2.76. The molecule has 2 atom stereocenters. The van der Waals surface area contributed by atoms with Crippen LogP contribution in [0.25, 0.3) is 0 Å². The Morgan fingerprint density at radius 2 is 1.90 bits per heavy atom. The molecule has 30 heavy (non-hydrogen) atoms. The first kappa shape index (κ1) is 22.1. The Morgan fingerprint density at radius 3 is 2.53 bits per heavy atom. The van der Waals surface area contributed by atoms with Gasteiger partial charge in [-0.2, -0.15) is 0 Å². The van der Waals surface area contributed by atoms with Gasteiger partial charge in [0.05, 0.1) is 13.1 Å². The summed E-state index contributed by atoms with van der Waals surface area (Å²) in [7, 11) is 1.75. The fraction of sp³-hybridized carbons (Fsp3) is 0.591. The van der Waals surface area contributed by atoms with Crippen LogP contribution < -0.4 is 5.32 Å². The maximum absolute atomic E-state index is 13.2. The lowest BCUT2D eigenvalue weighted by molar-refractivity contribution is -0.187. The van der Waals surface area contributed by atoms with E-state index in [-0.39, 0.29) is 24.4 Å². The summed E-state index contributed by atoms with van der Waals surface area (Å²) in [5.41, 5.74) is 1.00. The highest BCUT2D eigenvalue weighted by Gasteiger charge is 2.50. The van der Waals surface area contributed by atoms with E-state index in [2.05, 4.69) is 19.2 Å². The molecule has 0 aliphatic carbocycles. The number of benzene rings is 1. The van der Waals surface area contributed by atoms with E-state index >= 15 is 0 Å². The zero-order valence-corrected chi connectivity index (χ0v) is 18.4. The van der Waals surface area contributed by atoms with Crippen molar-refractivity contribution in [2.24, 2.45) is 5.92 Å². The normalized spacial score (nSPS) is 22.5. The van der Waals surface area contributed by atoms with Gasteiger partial charge in [0.15, 0.2) is 0 Å². The molecule has 1 aromatic rings. The van der Waals surface area contributed by atoms with Crippen molar-refractivity contribution in [3.05, 3.63) is 35.9 Å². The molecule has 0 spiro atoms. The number of urea groups is 1. The smallest absolute Gasteiger partial charge is 0.334 e. The molecule has 8 heteroatoms. The van der Waals surface area contributed by atoms with Crippen molar-refractivity contribution < 1.29 is 14.4 Å². The highest BCUT2D eigenvalue weighted by atomic mass is 16.2. The number of carbonyl (C=O) groups excluding carboxylic acids is 3. The molecule has 2 saturated heterocycles. The first-order valence-corrected chi connectivity index (χ1v) is 10.8. The zero-order chi connectivity index (χ0) is 21.8. The molecule has 0 radical (unpaired) electrons. The van der Waals surface area contributed by atoms with Crippen LogP contribution in [-0.4, -0.2) is 76.6 Å². The van der Waals surface area contributed by atoms with Crippen molar-refractivity contribution in [1.82, 2.24) is 25.1 Å². The number of nitrogens with one attached hydrogen (secondary N) is 1. The van der Waals surface area contributed by atoms with Gasteiger partial charge in [-0.15, -0.1) is 0 Å². The van der Waals surface area contributed by atoms with Gasteiger partial charge in [-0.1, -0.05) is 57.5 Å². The molecular formula is C22H33N5O3. The van der Waals surface area contributed by atoms with Crippen molar-refractivity contribution in [3.8, 4) is 0 Å². The number of rotatable bonds is 6. The second-order valence-corrected chi connectivity index (χ2v) is 8.53. The van der Waals surface area contributed by atoms with Gasteiger partial charge < -0.3 is 15.1 Å². The summed E-state index contributed by atoms with van der Waals surface area (Å²) in [6, 6.07) is 8.93. The number of hydrogen-bond donors (Lipinski definition) is 1. The van der Waals surface area contributed by atoms with Crippen molar-refractivity contribution in [2.45, 2.75) is 52.4 Å². The minimum atomic E-state index is -0.516. The van der Waals surface area contributed by atoms with Gasteiger partial charge in [0, 0.05) is 20.1 Å². The fourth-order valence-corrected chi connectivity index (χ4v) is 4.32. The summed E-state index contributed by atoms with van der Waals surface area (Å²) in [6.07, 6.45) is 0.886. The van der Waals surface area contributed by atoms with Crippen LogP contribution >= 0.6 is 0 Å². The monoisotopic (exact) mass is 415 g/mol. The molecule has 2 aliphatic rings.